The van der Waals surface area contributed by atoms with Crippen LogP contribution in [0.2, 0.25) is 0 Å². The summed E-state index contributed by atoms with van der Waals surface area (Å²) in [6, 6.07) is 20.4. The van der Waals surface area contributed by atoms with Crippen LogP contribution in [0, 0.1) is 0 Å². The molecule has 0 unspecified atom stereocenters. The van der Waals surface area contributed by atoms with Crippen LogP contribution in [0.15, 0.2) is 83.1 Å². The summed E-state index contributed by atoms with van der Waals surface area (Å²) in [7, 11) is 1.59. The molecular weight excluding hydrogens is 328 g/mol. The van der Waals surface area contributed by atoms with E-state index >= 15 is 0 Å². The molecular formula is C20H18N4O2. The van der Waals surface area contributed by atoms with Crippen molar-refractivity contribution in [3.8, 4) is 17.2 Å². The number of benzene rings is 2. The van der Waals surface area contributed by atoms with Gasteiger partial charge in [-0.15, -0.1) is 5.10 Å². The number of nitrogens with two attached hydrogens (primary N) is 1. The van der Waals surface area contributed by atoms with Gasteiger partial charge >= 0.3 is 0 Å². The zero-order chi connectivity index (χ0) is 18.2. The quantitative estimate of drug-likeness (QED) is 0.420. The molecule has 0 aliphatic rings. The molecule has 1 aromatic heterocycles. The van der Waals surface area contributed by atoms with Gasteiger partial charge in [0.2, 0.25) is 0 Å². The van der Waals surface area contributed by atoms with Crippen LogP contribution in [0.4, 0.5) is 0 Å². The topological polar surface area (TPSA) is 82.1 Å². The molecule has 3 rings (SSSR count). The van der Waals surface area contributed by atoms with Crippen molar-refractivity contribution in [2.75, 3.05) is 7.11 Å². The van der Waals surface area contributed by atoms with Gasteiger partial charge in [-0.3, -0.25) is 4.98 Å². The van der Waals surface area contributed by atoms with Gasteiger partial charge in [-0.25, -0.2) is 0 Å². The summed E-state index contributed by atoms with van der Waals surface area (Å²) < 4.78 is 11.2. The number of amidine groups is 1. The summed E-state index contributed by atoms with van der Waals surface area (Å²) in [4.78, 5) is 4.12. The predicted octanol–water partition coefficient (Wildman–Crippen LogP) is 3.62. The standard InChI is InChI=1S/C20H18N4O2/c1-25-19-13-15(10-11-18(19)26-16-7-3-2-4-8-16)14-23-24-20(21)17-9-5-6-12-22-17/h2-14H,1H3,(H2,21,24)/b23-14+. The van der Waals surface area contributed by atoms with E-state index in [0.29, 0.717) is 17.2 Å². The fourth-order valence-electron chi connectivity index (χ4n) is 2.19. The molecule has 1 heterocycles. The molecule has 0 bridgehead atoms. The normalized spacial score (nSPS) is 11.5. The SMILES string of the molecule is COc1cc(/C=N/N=C(\N)c2ccccn2)ccc1Oc1ccccc1. The second kappa shape index (κ2) is 8.43. The first-order valence-corrected chi connectivity index (χ1v) is 7.95. The maximum absolute atomic E-state index is 5.85. The van der Waals surface area contributed by atoms with E-state index in [2.05, 4.69) is 15.2 Å². The molecule has 26 heavy (non-hydrogen) atoms. The highest BCUT2D eigenvalue weighted by Crippen LogP contribution is 2.31. The Balaban J connectivity index is 1.75. The van der Waals surface area contributed by atoms with Gasteiger partial charge in [0.1, 0.15) is 11.4 Å². The molecule has 0 atom stereocenters. The number of nitrogens with zero attached hydrogens (tertiary/aromatic N) is 3. The Morgan fingerprint density at radius 1 is 1.00 bits per heavy atom. The maximum Gasteiger partial charge on any atom is 0.171 e. The Bertz CT molecular complexity index is 910. The summed E-state index contributed by atoms with van der Waals surface area (Å²) in [5.41, 5.74) is 7.24. The van der Waals surface area contributed by atoms with Crippen LogP contribution >= 0.6 is 0 Å². The lowest BCUT2D eigenvalue weighted by molar-refractivity contribution is 0.379. The zero-order valence-electron chi connectivity index (χ0n) is 14.2. The zero-order valence-corrected chi connectivity index (χ0v) is 14.2. The van der Waals surface area contributed by atoms with Gasteiger partial charge in [0.05, 0.1) is 13.3 Å². The maximum atomic E-state index is 5.85. The van der Waals surface area contributed by atoms with Gasteiger partial charge in [-0.1, -0.05) is 24.3 Å². The summed E-state index contributed by atoms with van der Waals surface area (Å²) in [5, 5.41) is 7.97. The molecule has 6 nitrogen and oxygen atoms in total. The first kappa shape index (κ1) is 17.2. The van der Waals surface area contributed by atoms with Crippen molar-refractivity contribution in [3.63, 3.8) is 0 Å². The lowest BCUT2D eigenvalue weighted by Crippen LogP contribution is -2.14. The van der Waals surface area contributed by atoms with Crippen LogP contribution in [0.5, 0.6) is 17.2 Å². The molecule has 0 amide bonds. The van der Waals surface area contributed by atoms with Crippen molar-refractivity contribution in [2.24, 2.45) is 15.9 Å². The first-order chi connectivity index (χ1) is 12.8. The van der Waals surface area contributed by atoms with Gasteiger partial charge in [-0.2, -0.15) is 5.10 Å². The van der Waals surface area contributed by atoms with Gasteiger partial charge < -0.3 is 15.2 Å². The largest absolute Gasteiger partial charge is 0.493 e. The second-order valence-electron chi connectivity index (χ2n) is 5.27. The summed E-state index contributed by atoms with van der Waals surface area (Å²) in [5.74, 6) is 2.20. The number of hydrogen-bond donors (Lipinski definition) is 1. The molecule has 0 saturated carbocycles. The smallest absolute Gasteiger partial charge is 0.171 e. The Kier molecular flexibility index (Phi) is 5.57. The third-order valence-electron chi connectivity index (χ3n) is 3.46. The van der Waals surface area contributed by atoms with Crippen LogP contribution in [-0.2, 0) is 0 Å². The van der Waals surface area contributed by atoms with Crippen LogP contribution in [-0.4, -0.2) is 24.1 Å². The molecule has 0 radical (unpaired) electrons. The van der Waals surface area contributed by atoms with E-state index in [4.69, 9.17) is 15.2 Å². The summed E-state index contributed by atoms with van der Waals surface area (Å²) >= 11 is 0. The molecule has 3 aromatic rings. The Morgan fingerprint density at radius 3 is 2.54 bits per heavy atom. The fourth-order valence-corrected chi connectivity index (χ4v) is 2.19. The minimum Gasteiger partial charge on any atom is -0.493 e. The molecule has 0 fully saturated rings. The van der Waals surface area contributed by atoms with Crippen molar-refractivity contribution in [3.05, 3.63) is 84.2 Å². The fraction of sp³-hybridized carbons (Fsp3) is 0.0500. The number of methoxy groups -OCH3 is 1. The third kappa shape index (κ3) is 4.45. The molecule has 130 valence electrons. The highest BCUT2D eigenvalue weighted by atomic mass is 16.5. The number of ether oxygens (including phenoxy) is 2. The number of pyridine rings is 1. The van der Waals surface area contributed by atoms with Gasteiger partial charge in [0.25, 0.3) is 0 Å². The molecule has 6 heteroatoms. The van der Waals surface area contributed by atoms with Gasteiger partial charge in [0.15, 0.2) is 17.3 Å². The minimum absolute atomic E-state index is 0.248. The molecule has 0 aliphatic carbocycles. The van der Waals surface area contributed by atoms with E-state index in [1.165, 1.54) is 0 Å². The third-order valence-corrected chi connectivity index (χ3v) is 3.46. The second-order valence-corrected chi connectivity index (χ2v) is 5.27. The van der Waals surface area contributed by atoms with Crippen molar-refractivity contribution < 1.29 is 9.47 Å². The van der Waals surface area contributed by atoms with E-state index in [1.54, 1.807) is 25.6 Å². The van der Waals surface area contributed by atoms with E-state index in [9.17, 15) is 0 Å². The average Bonchev–Trinajstić information content (AvgIpc) is 2.70. The number of para-hydroxylation sites is 1. The van der Waals surface area contributed by atoms with E-state index in [0.717, 1.165) is 11.3 Å². The lowest BCUT2D eigenvalue weighted by Gasteiger charge is -2.10. The highest BCUT2D eigenvalue weighted by Gasteiger charge is 2.06. The van der Waals surface area contributed by atoms with E-state index in [1.807, 2.05) is 60.7 Å². The predicted molar refractivity (Wildman–Crippen MR) is 102 cm³/mol. The monoisotopic (exact) mass is 346 g/mol. The summed E-state index contributed by atoms with van der Waals surface area (Å²) in [6.45, 7) is 0. The van der Waals surface area contributed by atoms with Crippen molar-refractivity contribution in [1.82, 2.24) is 4.98 Å². The highest BCUT2D eigenvalue weighted by molar-refractivity contribution is 5.96. The minimum atomic E-state index is 0.248. The van der Waals surface area contributed by atoms with Gasteiger partial charge in [-0.05, 0) is 48.0 Å². The first-order valence-electron chi connectivity index (χ1n) is 7.95. The van der Waals surface area contributed by atoms with E-state index < -0.39 is 0 Å². The number of rotatable bonds is 6. The average molecular weight is 346 g/mol. The summed E-state index contributed by atoms with van der Waals surface area (Å²) in [6.07, 6.45) is 3.24. The molecule has 2 aromatic carbocycles. The van der Waals surface area contributed by atoms with Crippen molar-refractivity contribution in [2.45, 2.75) is 0 Å². The Labute approximate surface area is 151 Å². The van der Waals surface area contributed by atoms with Crippen LogP contribution in [0.3, 0.4) is 0 Å². The Hall–Kier alpha value is -3.67. The van der Waals surface area contributed by atoms with Crippen LogP contribution < -0.4 is 15.2 Å². The van der Waals surface area contributed by atoms with Crippen molar-refractivity contribution in [1.29, 1.82) is 0 Å². The molecule has 2 N–H and O–H groups in total. The Morgan fingerprint density at radius 2 is 1.81 bits per heavy atom. The number of aromatic nitrogens is 1. The lowest BCUT2D eigenvalue weighted by atomic mass is 10.2. The molecule has 0 saturated heterocycles. The molecule has 0 spiro atoms. The van der Waals surface area contributed by atoms with Gasteiger partial charge in [0, 0.05) is 6.20 Å². The molecule has 0 aliphatic heterocycles. The van der Waals surface area contributed by atoms with Crippen molar-refractivity contribution >= 4 is 12.1 Å². The van der Waals surface area contributed by atoms with E-state index in [-0.39, 0.29) is 5.84 Å². The number of hydrogen-bond acceptors (Lipinski definition) is 5. The van der Waals surface area contributed by atoms with Crippen LogP contribution in [0.25, 0.3) is 0 Å². The van der Waals surface area contributed by atoms with Crippen LogP contribution in [0.1, 0.15) is 11.3 Å².